The van der Waals surface area contributed by atoms with Gasteiger partial charge in [0.2, 0.25) is 5.95 Å². The molecule has 200 valence electrons. The zero-order valence-electron chi connectivity index (χ0n) is 20.4. The van der Waals surface area contributed by atoms with Crippen molar-refractivity contribution in [3.8, 4) is 0 Å². The Labute approximate surface area is 238 Å². The summed E-state index contributed by atoms with van der Waals surface area (Å²) >= 11 is 15.9. The van der Waals surface area contributed by atoms with Gasteiger partial charge in [0.1, 0.15) is 11.6 Å². The number of amides is 1. The average molecular weight is 642 g/mol. The zero-order chi connectivity index (χ0) is 27.4. The van der Waals surface area contributed by atoms with Gasteiger partial charge in [-0.2, -0.15) is 4.31 Å². The number of halogens is 3. The molecule has 2 aromatic carbocycles. The van der Waals surface area contributed by atoms with Gasteiger partial charge >= 0.3 is 5.97 Å². The fourth-order valence-electron chi connectivity index (χ4n) is 4.99. The molecular formula is C25H23BrCl2N4O5S. The maximum atomic E-state index is 14.1. The molecule has 0 saturated carbocycles. The second-order valence-electron chi connectivity index (χ2n) is 9.46. The predicted octanol–water partition coefficient (Wildman–Crippen LogP) is 4.91. The molecule has 0 N–H and O–H groups in total. The van der Waals surface area contributed by atoms with E-state index in [1.165, 1.54) is 26.9 Å². The summed E-state index contributed by atoms with van der Waals surface area (Å²) in [5, 5.41) is 0.516. The van der Waals surface area contributed by atoms with Crippen LogP contribution in [0.15, 0.2) is 58.2 Å². The number of benzene rings is 2. The molecule has 2 aliphatic rings. The summed E-state index contributed by atoms with van der Waals surface area (Å²) in [4.78, 5) is 31.3. The number of fused-ring (bicyclic) bond motifs is 1. The number of hydrogen-bond acceptors (Lipinski definition) is 6. The molecular weight excluding hydrogens is 619 g/mol. The monoisotopic (exact) mass is 640 g/mol. The number of aromatic nitrogens is 2. The number of nitrogens with zero attached hydrogens (tertiary/aromatic N) is 4. The lowest BCUT2D eigenvalue weighted by molar-refractivity contribution is -0.145. The molecule has 3 heterocycles. The van der Waals surface area contributed by atoms with Crippen LogP contribution in [0.25, 0.3) is 0 Å². The molecule has 0 aliphatic carbocycles. The SMILES string of the molecule is CC(=O)OC1CCN(S(=O)(=O)c2cnc3n2[C@](C)(Cc2ccc(Br)cc2)C(=O)N3c2cc(Cl)cc(Cl)c2)C1. The molecule has 0 radical (unpaired) electrons. The summed E-state index contributed by atoms with van der Waals surface area (Å²) in [6.07, 6.45) is 1.30. The minimum absolute atomic E-state index is 0.0212. The van der Waals surface area contributed by atoms with Crippen molar-refractivity contribution in [2.75, 3.05) is 18.0 Å². The number of imidazole rings is 1. The lowest BCUT2D eigenvalue weighted by Crippen LogP contribution is -2.43. The third-order valence-corrected chi connectivity index (χ3v) is 9.47. The fourth-order valence-corrected chi connectivity index (χ4v) is 7.44. The Bertz CT molecular complexity index is 1530. The smallest absolute Gasteiger partial charge is 0.302 e. The third-order valence-electron chi connectivity index (χ3n) is 6.68. The van der Waals surface area contributed by atoms with Crippen molar-refractivity contribution in [1.82, 2.24) is 13.9 Å². The molecule has 1 fully saturated rings. The van der Waals surface area contributed by atoms with Gasteiger partial charge in [0.25, 0.3) is 15.9 Å². The minimum atomic E-state index is -4.10. The molecule has 5 rings (SSSR count). The Morgan fingerprint density at radius 2 is 1.84 bits per heavy atom. The van der Waals surface area contributed by atoms with Gasteiger partial charge in [-0.05, 0) is 49.2 Å². The highest BCUT2D eigenvalue weighted by atomic mass is 79.9. The van der Waals surface area contributed by atoms with Crippen LogP contribution in [0.5, 0.6) is 0 Å². The van der Waals surface area contributed by atoms with E-state index in [1.807, 2.05) is 24.3 Å². The first-order chi connectivity index (χ1) is 17.9. The van der Waals surface area contributed by atoms with Crippen LogP contribution >= 0.6 is 39.1 Å². The Morgan fingerprint density at radius 3 is 2.47 bits per heavy atom. The molecule has 13 heteroatoms. The molecule has 1 aromatic heterocycles. The number of ether oxygens (including phenoxy) is 1. The summed E-state index contributed by atoms with van der Waals surface area (Å²) < 4.78 is 36.6. The van der Waals surface area contributed by atoms with Gasteiger partial charge < -0.3 is 4.74 Å². The molecule has 1 amide bonds. The first-order valence-electron chi connectivity index (χ1n) is 11.7. The highest BCUT2D eigenvalue weighted by Crippen LogP contribution is 2.45. The lowest BCUT2D eigenvalue weighted by Gasteiger charge is -2.27. The molecule has 3 aromatic rings. The van der Waals surface area contributed by atoms with Gasteiger partial charge in [0, 0.05) is 34.4 Å². The largest absolute Gasteiger partial charge is 0.461 e. The number of sulfonamides is 1. The van der Waals surface area contributed by atoms with E-state index in [9.17, 15) is 18.0 Å². The molecule has 0 bridgehead atoms. The number of carbonyl (C=O) groups is 2. The third kappa shape index (κ3) is 4.75. The van der Waals surface area contributed by atoms with E-state index in [2.05, 4.69) is 20.9 Å². The molecule has 0 spiro atoms. The zero-order valence-corrected chi connectivity index (χ0v) is 24.3. The molecule has 1 unspecified atom stereocenters. The van der Waals surface area contributed by atoms with E-state index in [-0.39, 0.29) is 36.4 Å². The first kappa shape index (κ1) is 27.1. The van der Waals surface area contributed by atoms with E-state index in [1.54, 1.807) is 25.1 Å². The Balaban J connectivity index is 1.63. The standard InChI is InChI=1S/C25H23BrCl2N4O5S/c1-15(33)37-21-7-8-30(14-21)38(35,36)22-13-29-24-31(20-10-18(27)9-19(28)11-20)23(34)25(2,32(22)24)12-16-3-5-17(26)6-4-16/h3-6,9-11,13,21H,7-8,12,14H2,1-2H3/t21?,25-/m1/s1. The van der Waals surface area contributed by atoms with Crippen molar-refractivity contribution in [3.63, 3.8) is 0 Å². The maximum absolute atomic E-state index is 14.1. The van der Waals surface area contributed by atoms with Crippen LogP contribution in [0.4, 0.5) is 11.6 Å². The summed E-state index contributed by atoms with van der Waals surface area (Å²) in [5.41, 5.74) is -0.140. The molecule has 1 saturated heterocycles. The second kappa shape index (κ2) is 9.95. The van der Waals surface area contributed by atoms with Crippen LogP contribution in [-0.2, 0) is 36.3 Å². The van der Waals surface area contributed by atoms with Crippen molar-refractivity contribution < 1.29 is 22.7 Å². The number of hydrogen-bond donors (Lipinski definition) is 0. The summed E-state index contributed by atoms with van der Waals surface area (Å²) in [7, 11) is -4.10. The van der Waals surface area contributed by atoms with Gasteiger partial charge in [0.15, 0.2) is 5.03 Å². The van der Waals surface area contributed by atoms with E-state index in [0.717, 1.165) is 10.0 Å². The minimum Gasteiger partial charge on any atom is -0.461 e. The van der Waals surface area contributed by atoms with Gasteiger partial charge in [-0.15, -0.1) is 0 Å². The van der Waals surface area contributed by atoms with Crippen LogP contribution in [0.3, 0.4) is 0 Å². The van der Waals surface area contributed by atoms with Crippen LogP contribution in [0.1, 0.15) is 25.8 Å². The average Bonchev–Trinajstić information content (AvgIpc) is 3.52. The summed E-state index contributed by atoms with van der Waals surface area (Å²) in [6, 6.07) is 12.2. The van der Waals surface area contributed by atoms with Crippen LogP contribution in [0.2, 0.25) is 10.0 Å². The first-order valence-corrected chi connectivity index (χ1v) is 14.7. The van der Waals surface area contributed by atoms with Gasteiger partial charge in [-0.3, -0.25) is 14.2 Å². The molecule has 2 aliphatic heterocycles. The van der Waals surface area contributed by atoms with E-state index < -0.39 is 27.6 Å². The highest BCUT2D eigenvalue weighted by Gasteiger charge is 2.52. The van der Waals surface area contributed by atoms with Crippen molar-refractivity contribution in [3.05, 3.63) is 68.7 Å². The molecule has 9 nitrogen and oxygen atoms in total. The summed E-state index contributed by atoms with van der Waals surface area (Å²) in [6.45, 7) is 3.18. The predicted molar refractivity (Wildman–Crippen MR) is 146 cm³/mol. The topological polar surface area (TPSA) is 102 Å². The summed E-state index contributed by atoms with van der Waals surface area (Å²) in [5.74, 6) is -0.706. The highest BCUT2D eigenvalue weighted by molar-refractivity contribution is 9.10. The Hall–Kier alpha value is -2.44. The van der Waals surface area contributed by atoms with Gasteiger partial charge in [-0.1, -0.05) is 51.3 Å². The molecule has 38 heavy (non-hydrogen) atoms. The number of carbonyl (C=O) groups excluding carboxylic acids is 2. The van der Waals surface area contributed by atoms with Crippen molar-refractivity contribution in [2.24, 2.45) is 0 Å². The number of esters is 1. The van der Waals surface area contributed by atoms with Crippen LogP contribution in [-0.4, -0.2) is 53.3 Å². The van der Waals surface area contributed by atoms with Crippen molar-refractivity contribution >= 4 is 72.7 Å². The molecule has 2 atom stereocenters. The lowest BCUT2D eigenvalue weighted by atomic mass is 9.92. The fraction of sp³-hybridized carbons (Fsp3) is 0.320. The second-order valence-corrected chi connectivity index (χ2v) is 13.1. The van der Waals surface area contributed by atoms with Crippen LogP contribution < -0.4 is 4.90 Å². The Kier molecular flexibility index (Phi) is 7.10. The van der Waals surface area contributed by atoms with E-state index in [4.69, 9.17) is 27.9 Å². The Morgan fingerprint density at radius 1 is 1.18 bits per heavy atom. The maximum Gasteiger partial charge on any atom is 0.302 e. The van der Waals surface area contributed by atoms with E-state index in [0.29, 0.717) is 22.2 Å². The number of rotatable bonds is 6. The van der Waals surface area contributed by atoms with Crippen LogP contribution in [0, 0.1) is 0 Å². The van der Waals surface area contributed by atoms with Crippen molar-refractivity contribution in [2.45, 2.75) is 43.4 Å². The normalized spacial score (nSPS) is 21.7. The van der Waals surface area contributed by atoms with E-state index >= 15 is 0 Å². The van der Waals surface area contributed by atoms with Gasteiger partial charge in [0.05, 0.1) is 18.4 Å². The quantitative estimate of drug-likeness (QED) is 0.354. The number of anilines is 2. The van der Waals surface area contributed by atoms with Gasteiger partial charge in [-0.25, -0.2) is 18.3 Å². The van der Waals surface area contributed by atoms with Crippen molar-refractivity contribution in [1.29, 1.82) is 0 Å².